The molecule has 1 N–H and O–H groups in total. The van der Waals surface area contributed by atoms with Crippen LogP contribution in [-0.4, -0.2) is 36.6 Å². The second kappa shape index (κ2) is 10.4. The summed E-state index contributed by atoms with van der Waals surface area (Å²) in [5, 5.41) is 13.1. The van der Waals surface area contributed by atoms with E-state index in [1.165, 1.54) is 0 Å². The number of carboxylic acid groups (broad SMARTS) is 1. The highest BCUT2D eigenvalue weighted by Crippen LogP contribution is 2.27. The van der Waals surface area contributed by atoms with Gasteiger partial charge in [-0.3, -0.25) is 0 Å². The zero-order valence-electron chi connectivity index (χ0n) is 16.5. The van der Waals surface area contributed by atoms with E-state index in [-0.39, 0.29) is 5.56 Å². The SMILES string of the molecule is COCCCCCCOc1ccc(-c2cc(-c3ccc(C(=O)O)cc3)no2)cc1. The number of ether oxygens (including phenoxy) is 2. The van der Waals surface area contributed by atoms with Crippen LogP contribution in [0.15, 0.2) is 59.1 Å². The largest absolute Gasteiger partial charge is 0.494 e. The number of carbonyl (C=O) groups is 1. The van der Waals surface area contributed by atoms with Crippen LogP contribution in [0.5, 0.6) is 5.75 Å². The fourth-order valence-corrected chi connectivity index (χ4v) is 2.94. The highest BCUT2D eigenvalue weighted by atomic mass is 16.5. The average Bonchev–Trinajstić information content (AvgIpc) is 3.24. The van der Waals surface area contributed by atoms with E-state index in [1.807, 2.05) is 30.3 Å². The molecule has 0 radical (unpaired) electrons. The molecule has 0 fully saturated rings. The fourth-order valence-electron chi connectivity index (χ4n) is 2.94. The molecule has 0 spiro atoms. The molecular formula is C23H25NO5. The summed E-state index contributed by atoms with van der Waals surface area (Å²) in [4.78, 5) is 11.0. The van der Waals surface area contributed by atoms with Gasteiger partial charge in [-0.25, -0.2) is 4.79 Å². The third-order valence-corrected chi connectivity index (χ3v) is 4.59. The molecule has 6 heteroatoms. The van der Waals surface area contributed by atoms with Crippen LogP contribution < -0.4 is 4.74 Å². The third kappa shape index (κ3) is 5.93. The van der Waals surface area contributed by atoms with Gasteiger partial charge < -0.3 is 19.1 Å². The predicted molar refractivity (Wildman–Crippen MR) is 110 cm³/mol. The number of aromatic carboxylic acids is 1. The van der Waals surface area contributed by atoms with Gasteiger partial charge in [-0.15, -0.1) is 0 Å². The topological polar surface area (TPSA) is 81.8 Å². The Kier molecular flexibility index (Phi) is 7.41. The van der Waals surface area contributed by atoms with Gasteiger partial charge in [0.05, 0.1) is 12.2 Å². The number of carboxylic acids is 1. The van der Waals surface area contributed by atoms with Crippen molar-refractivity contribution in [2.45, 2.75) is 25.7 Å². The van der Waals surface area contributed by atoms with Crippen LogP contribution in [0.3, 0.4) is 0 Å². The van der Waals surface area contributed by atoms with Crippen LogP contribution >= 0.6 is 0 Å². The van der Waals surface area contributed by atoms with Crippen LogP contribution in [0.4, 0.5) is 0 Å². The first-order valence-corrected chi connectivity index (χ1v) is 9.70. The first-order valence-electron chi connectivity index (χ1n) is 9.70. The number of nitrogens with zero attached hydrogens (tertiary/aromatic N) is 1. The van der Waals surface area contributed by atoms with Crippen molar-refractivity contribution in [2.24, 2.45) is 0 Å². The molecule has 0 saturated carbocycles. The molecule has 6 nitrogen and oxygen atoms in total. The maximum Gasteiger partial charge on any atom is 0.335 e. The van der Waals surface area contributed by atoms with E-state index < -0.39 is 5.97 Å². The Balaban J connectivity index is 1.53. The minimum Gasteiger partial charge on any atom is -0.494 e. The Labute approximate surface area is 170 Å². The second-order valence-electron chi connectivity index (χ2n) is 6.74. The van der Waals surface area contributed by atoms with Crippen molar-refractivity contribution < 1.29 is 23.9 Å². The zero-order valence-corrected chi connectivity index (χ0v) is 16.5. The van der Waals surface area contributed by atoms with E-state index in [0.717, 1.165) is 49.2 Å². The summed E-state index contributed by atoms with van der Waals surface area (Å²) in [6.45, 7) is 1.52. The predicted octanol–water partition coefficient (Wildman–Crippen LogP) is 5.29. The second-order valence-corrected chi connectivity index (χ2v) is 6.74. The van der Waals surface area contributed by atoms with Crippen molar-refractivity contribution in [2.75, 3.05) is 20.3 Å². The van der Waals surface area contributed by atoms with Crippen molar-refractivity contribution in [1.82, 2.24) is 5.16 Å². The molecule has 0 aliphatic heterocycles. The standard InChI is InChI=1S/C23H25NO5/c1-27-14-4-2-3-5-15-28-20-12-10-18(11-13-20)22-16-21(24-29-22)17-6-8-19(9-7-17)23(25)26/h6-13,16H,2-5,14-15H2,1H3,(H,25,26). The van der Waals surface area contributed by atoms with Gasteiger partial charge in [-0.05, 0) is 55.7 Å². The molecule has 1 aromatic heterocycles. The molecule has 0 atom stereocenters. The van der Waals surface area contributed by atoms with Crippen LogP contribution in [-0.2, 0) is 4.74 Å². The van der Waals surface area contributed by atoms with Gasteiger partial charge in [-0.1, -0.05) is 23.7 Å². The van der Waals surface area contributed by atoms with Gasteiger partial charge in [0.2, 0.25) is 0 Å². The molecule has 152 valence electrons. The van der Waals surface area contributed by atoms with Crippen LogP contribution in [0.1, 0.15) is 36.0 Å². The molecule has 0 amide bonds. The Morgan fingerprint density at radius 2 is 1.59 bits per heavy atom. The van der Waals surface area contributed by atoms with E-state index in [1.54, 1.807) is 31.4 Å². The molecular weight excluding hydrogens is 370 g/mol. The van der Waals surface area contributed by atoms with Crippen molar-refractivity contribution in [1.29, 1.82) is 0 Å². The minimum absolute atomic E-state index is 0.239. The van der Waals surface area contributed by atoms with E-state index in [2.05, 4.69) is 5.16 Å². The molecule has 0 aliphatic rings. The highest BCUT2D eigenvalue weighted by Gasteiger charge is 2.10. The monoisotopic (exact) mass is 395 g/mol. The third-order valence-electron chi connectivity index (χ3n) is 4.59. The summed E-state index contributed by atoms with van der Waals surface area (Å²) in [6, 6.07) is 16.1. The van der Waals surface area contributed by atoms with Crippen LogP contribution in [0.25, 0.3) is 22.6 Å². The number of methoxy groups -OCH3 is 1. The lowest BCUT2D eigenvalue weighted by Crippen LogP contribution is -1.97. The maximum absolute atomic E-state index is 11.0. The smallest absolute Gasteiger partial charge is 0.335 e. The van der Waals surface area contributed by atoms with Crippen LogP contribution in [0.2, 0.25) is 0 Å². The van der Waals surface area contributed by atoms with Gasteiger partial charge in [0.25, 0.3) is 0 Å². The Morgan fingerprint density at radius 1 is 0.931 bits per heavy atom. The summed E-state index contributed by atoms with van der Waals surface area (Å²) in [5.74, 6) is 0.521. The number of unbranched alkanes of at least 4 members (excludes halogenated alkanes) is 3. The zero-order chi connectivity index (χ0) is 20.5. The molecule has 29 heavy (non-hydrogen) atoms. The fraction of sp³-hybridized carbons (Fsp3) is 0.304. The summed E-state index contributed by atoms with van der Waals surface area (Å²) >= 11 is 0. The Bertz CT molecular complexity index is 900. The van der Waals surface area contributed by atoms with Crippen molar-refractivity contribution in [3.05, 3.63) is 60.2 Å². The lowest BCUT2D eigenvalue weighted by molar-refractivity contribution is 0.0697. The first kappa shape index (κ1) is 20.6. The quantitative estimate of drug-likeness (QED) is 0.444. The lowest BCUT2D eigenvalue weighted by Gasteiger charge is -2.06. The van der Waals surface area contributed by atoms with E-state index in [9.17, 15) is 4.79 Å². The Hall–Kier alpha value is -3.12. The number of rotatable bonds is 11. The van der Waals surface area contributed by atoms with E-state index >= 15 is 0 Å². The molecule has 2 aromatic carbocycles. The maximum atomic E-state index is 11.0. The molecule has 1 heterocycles. The van der Waals surface area contributed by atoms with Gasteiger partial charge in [0.15, 0.2) is 5.76 Å². The van der Waals surface area contributed by atoms with Crippen molar-refractivity contribution in [3.63, 3.8) is 0 Å². The molecule has 3 rings (SSSR count). The van der Waals surface area contributed by atoms with Gasteiger partial charge in [-0.2, -0.15) is 0 Å². The number of benzene rings is 2. The molecule has 0 aliphatic carbocycles. The summed E-state index contributed by atoms with van der Waals surface area (Å²) in [5.41, 5.74) is 2.60. The molecule has 0 unspecified atom stereocenters. The van der Waals surface area contributed by atoms with Gasteiger partial charge >= 0.3 is 5.97 Å². The molecule has 0 saturated heterocycles. The summed E-state index contributed by atoms with van der Waals surface area (Å²) in [7, 11) is 1.73. The molecule has 0 bridgehead atoms. The van der Waals surface area contributed by atoms with E-state index in [0.29, 0.717) is 18.1 Å². The van der Waals surface area contributed by atoms with Crippen molar-refractivity contribution in [3.8, 4) is 28.3 Å². The highest BCUT2D eigenvalue weighted by molar-refractivity contribution is 5.88. The minimum atomic E-state index is -0.953. The van der Waals surface area contributed by atoms with Crippen LogP contribution in [0, 0.1) is 0 Å². The average molecular weight is 395 g/mol. The van der Waals surface area contributed by atoms with Crippen molar-refractivity contribution >= 4 is 5.97 Å². The number of hydrogen-bond acceptors (Lipinski definition) is 5. The number of hydrogen-bond donors (Lipinski definition) is 1. The normalized spacial score (nSPS) is 10.8. The first-order chi connectivity index (χ1) is 14.2. The Morgan fingerprint density at radius 3 is 2.24 bits per heavy atom. The summed E-state index contributed by atoms with van der Waals surface area (Å²) < 4.78 is 16.3. The lowest BCUT2D eigenvalue weighted by atomic mass is 10.1. The van der Waals surface area contributed by atoms with Gasteiger partial charge in [0, 0.05) is 30.9 Å². The number of aromatic nitrogens is 1. The molecule has 3 aromatic rings. The summed E-state index contributed by atoms with van der Waals surface area (Å²) in [6.07, 6.45) is 4.41. The van der Waals surface area contributed by atoms with E-state index in [4.69, 9.17) is 19.1 Å². The van der Waals surface area contributed by atoms with Gasteiger partial charge in [0.1, 0.15) is 11.4 Å².